The molecule has 0 unspecified atom stereocenters. The van der Waals surface area contributed by atoms with Crippen molar-refractivity contribution >= 4 is 29.1 Å². The Kier molecular flexibility index (Phi) is 5.72. The standard InChI is InChI=1S/C17H14ClFN6O2/c18-12-3-1-2-11(8-12)17-22-24-25(23-17)10-16(27)20-9-15(26)21-14-6-4-13(19)5-7-14/h1-8H,9-10H2,(H,20,27)(H,21,26). The highest BCUT2D eigenvalue weighted by Crippen LogP contribution is 2.18. The van der Waals surface area contributed by atoms with E-state index in [1.807, 2.05) is 0 Å². The van der Waals surface area contributed by atoms with Gasteiger partial charge >= 0.3 is 0 Å². The summed E-state index contributed by atoms with van der Waals surface area (Å²) in [5, 5.41) is 17.3. The third-order valence-corrected chi connectivity index (χ3v) is 3.63. The summed E-state index contributed by atoms with van der Waals surface area (Å²) in [6.07, 6.45) is 0. The predicted octanol–water partition coefficient (Wildman–Crippen LogP) is 1.89. The molecule has 27 heavy (non-hydrogen) atoms. The maximum Gasteiger partial charge on any atom is 0.244 e. The molecule has 8 nitrogen and oxygen atoms in total. The molecule has 0 aliphatic carbocycles. The summed E-state index contributed by atoms with van der Waals surface area (Å²) in [4.78, 5) is 24.8. The van der Waals surface area contributed by atoms with Crippen LogP contribution >= 0.6 is 11.6 Å². The van der Waals surface area contributed by atoms with Crippen LogP contribution in [-0.2, 0) is 16.1 Å². The first-order valence-corrected chi connectivity index (χ1v) is 8.23. The van der Waals surface area contributed by atoms with Gasteiger partial charge in [-0.1, -0.05) is 23.7 Å². The Morgan fingerprint density at radius 3 is 2.63 bits per heavy atom. The van der Waals surface area contributed by atoms with Crippen molar-refractivity contribution in [2.45, 2.75) is 6.54 Å². The van der Waals surface area contributed by atoms with Gasteiger partial charge in [-0.2, -0.15) is 4.80 Å². The van der Waals surface area contributed by atoms with Crippen LogP contribution in [0.5, 0.6) is 0 Å². The van der Waals surface area contributed by atoms with Crippen LogP contribution in [0.1, 0.15) is 0 Å². The van der Waals surface area contributed by atoms with E-state index in [0.717, 1.165) is 4.80 Å². The Morgan fingerprint density at radius 2 is 1.89 bits per heavy atom. The molecular weight excluding hydrogens is 375 g/mol. The molecule has 138 valence electrons. The Hall–Kier alpha value is -3.33. The number of halogens is 2. The summed E-state index contributed by atoms with van der Waals surface area (Å²) in [5.74, 6) is -0.974. The SMILES string of the molecule is O=C(Cn1nnc(-c2cccc(Cl)c2)n1)NCC(=O)Nc1ccc(F)cc1. The van der Waals surface area contributed by atoms with Crippen molar-refractivity contribution in [3.8, 4) is 11.4 Å². The van der Waals surface area contributed by atoms with Crippen molar-refractivity contribution in [3.05, 3.63) is 59.4 Å². The Labute approximate surface area is 158 Å². The van der Waals surface area contributed by atoms with Crippen LogP contribution in [0.4, 0.5) is 10.1 Å². The monoisotopic (exact) mass is 388 g/mol. The van der Waals surface area contributed by atoms with Crippen LogP contribution in [0.15, 0.2) is 48.5 Å². The van der Waals surface area contributed by atoms with Crippen molar-refractivity contribution in [3.63, 3.8) is 0 Å². The van der Waals surface area contributed by atoms with Gasteiger partial charge in [-0.15, -0.1) is 10.2 Å². The van der Waals surface area contributed by atoms with Gasteiger partial charge in [0.1, 0.15) is 12.4 Å². The maximum absolute atomic E-state index is 12.8. The summed E-state index contributed by atoms with van der Waals surface area (Å²) in [6, 6.07) is 12.2. The van der Waals surface area contributed by atoms with Gasteiger partial charge in [0.2, 0.25) is 17.6 Å². The third-order valence-electron chi connectivity index (χ3n) is 3.39. The van der Waals surface area contributed by atoms with Crippen LogP contribution in [0, 0.1) is 5.82 Å². The highest BCUT2D eigenvalue weighted by Gasteiger charge is 2.11. The van der Waals surface area contributed by atoms with E-state index >= 15 is 0 Å². The lowest BCUT2D eigenvalue weighted by Gasteiger charge is -2.06. The van der Waals surface area contributed by atoms with Gasteiger partial charge in [-0.25, -0.2) is 4.39 Å². The number of carbonyl (C=O) groups is 2. The largest absolute Gasteiger partial charge is 0.345 e. The van der Waals surface area contributed by atoms with E-state index in [0.29, 0.717) is 22.1 Å². The lowest BCUT2D eigenvalue weighted by atomic mass is 10.2. The molecule has 0 fully saturated rings. The van der Waals surface area contributed by atoms with Crippen molar-refractivity contribution in [1.29, 1.82) is 0 Å². The molecule has 3 rings (SSSR count). The molecule has 0 bridgehead atoms. The summed E-state index contributed by atoms with van der Waals surface area (Å²) in [7, 11) is 0. The quantitative estimate of drug-likeness (QED) is 0.671. The lowest BCUT2D eigenvalue weighted by Crippen LogP contribution is -2.35. The van der Waals surface area contributed by atoms with E-state index < -0.39 is 17.6 Å². The molecule has 0 atom stereocenters. The van der Waals surface area contributed by atoms with Crippen LogP contribution in [0.25, 0.3) is 11.4 Å². The normalized spacial score (nSPS) is 10.4. The maximum atomic E-state index is 12.8. The van der Waals surface area contributed by atoms with Gasteiger partial charge < -0.3 is 10.6 Å². The number of benzene rings is 2. The van der Waals surface area contributed by atoms with E-state index in [1.165, 1.54) is 24.3 Å². The fraction of sp³-hybridized carbons (Fsp3) is 0.118. The number of tetrazole rings is 1. The molecule has 0 spiro atoms. The van der Waals surface area contributed by atoms with Crippen LogP contribution in [0.3, 0.4) is 0 Å². The second kappa shape index (κ2) is 8.37. The second-order valence-electron chi connectivity index (χ2n) is 5.49. The number of anilines is 1. The number of rotatable bonds is 6. The zero-order chi connectivity index (χ0) is 19.2. The molecule has 0 saturated carbocycles. The van der Waals surface area contributed by atoms with Gasteiger partial charge in [-0.05, 0) is 41.6 Å². The number of nitrogens with zero attached hydrogens (tertiary/aromatic N) is 4. The van der Waals surface area contributed by atoms with E-state index in [-0.39, 0.29) is 13.1 Å². The summed E-state index contributed by atoms with van der Waals surface area (Å²) < 4.78 is 12.8. The molecule has 3 aromatic rings. The Morgan fingerprint density at radius 1 is 1.11 bits per heavy atom. The smallest absolute Gasteiger partial charge is 0.244 e. The number of carbonyl (C=O) groups excluding carboxylic acids is 2. The zero-order valence-corrected chi connectivity index (χ0v) is 14.7. The summed E-state index contributed by atoms with van der Waals surface area (Å²) in [5.41, 5.74) is 1.10. The average molecular weight is 389 g/mol. The average Bonchev–Trinajstić information content (AvgIpc) is 3.10. The first kappa shape index (κ1) is 18.5. The van der Waals surface area contributed by atoms with Crippen molar-refractivity contribution in [2.75, 3.05) is 11.9 Å². The number of hydrogen-bond acceptors (Lipinski definition) is 5. The fourth-order valence-corrected chi connectivity index (χ4v) is 2.35. The van der Waals surface area contributed by atoms with E-state index in [4.69, 9.17) is 11.6 Å². The molecule has 0 aliphatic rings. The minimum atomic E-state index is -0.459. The molecule has 2 amide bonds. The molecule has 1 heterocycles. The van der Waals surface area contributed by atoms with Gasteiger partial charge in [-0.3, -0.25) is 9.59 Å². The number of hydrogen-bond donors (Lipinski definition) is 2. The predicted molar refractivity (Wildman–Crippen MR) is 96.3 cm³/mol. The molecule has 1 aromatic heterocycles. The van der Waals surface area contributed by atoms with Gasteiger partial charge in [0.15, 0.2) is 0 Å². The number of amides is 2. The van der Waals surface area contributed by atoms with Crippen molar-refractivity contribution < 1.29 is 14.0 Å². The number of aromatic nitrogens is 4. The molecule has 0 radical (unpaired) electrons. The molecule has 0 aliphatic heterocycles. The topological polar surface area (TPSA) is 102 Å². The Balaban J connectivity index is 1.49. The summed E-state index contributed by atoms with van der Waals surface area (Å²) in [6.45, 7) is -0.441. The van der Waals surface area contributed by atoms with Crippen LogP contribution < -0.4 is 10.6 Å². The van der Waals surface area contributed by atoms with E-state index in [2.05, 4.69) is 26.0 Å². The van der Waals surface area contributed by atoms with Crippen LogP contribution in [-0.4, -0.2) is 38.6 Å². The minimum absolute atomic E-state index is 0.197. The summed E-state index contributed by atoms with van der Waals surface area (Å²) >= 11 is 5.92. The van der Waals surface area contributed by atoms with Crippen LogP contribution in [0.2, 0.25) is 5.02 Å². The molecule has 2 aromatic carbocycles. The van der Waals surface area contributed by atoms with Crippen molar-refractivity contribution in [2.24, 2.45) is 0 Å². The molecule has 10 heteroatoms. The van der Waals surface area contributed by atoms with Gasteiger partial charge in [0.05, 0.1) is 6.54 Å². The fourth-order valence-electron chi connectivity index (χ4n) is 2.15. The first-order valence-electron chi connectivity index (χ1n) is 7.85. The van der Waals surface area contributed by atoms with Gasteiger partial charge in [0.25, 0.3) is 0 Å². The number of nitrogens with one attached hydrogen (secondary N) is 2. The molecular formula is C17H14ClFN6O2. The van der Waals surface area contributed by atoms with E-state index in [1.54, 1.807) is 24.3 Å². The zero-order valence-electron chi connectivity index (χ0n) is 13.9. The minimum Gasteiger partial charge on any atom is -0.345 e. The van der Waals surface area contributed by atoms with E-state index in [9.17, 15) is 14.0 Å². The van der Waals surface area contributed by atoms with Gasteiger partial charge in [0, 0.05) is 16.3 Å². The molecule has 2 N–H and O–H groups in total. The second-order valence-corrected chi connectivity index (χ2v) is 5.92. The highest BCUT2D eigenvalue weighted by atomic mass is 35.5. The first-order chi connectivity index (χ1) is 13.0. The third kappa shape index (κ3) is 5.32. The van der Waals surface area contributed by atoms with Crippen molar-refractivity contribution in [1.82, 2.24) is 25.5 Å². The highest BCUT2D eigenvalue weighted by molar-refractivity contribution is 6.30. The Bertz CT molecular complexity index is 960. The lowest BCUT2D eigenvalue weighted by molar-refractivity contribution is -0.124. The molecule has 0 saturated heterocycles.